The molecule has 1 saturated heterocycles. The lowest BCUT2D eigenvalue weighted by Gasteiger charge is -2.25. The summed E-state index contributed by atoms with van der Waals surface area (Å²) >= 11 is 0. The van der Waals surface area contributed by atoms with Crippen LogP contribution in [0, 0.1) is 11.3 Å². The van der Waals surface area contributed by atoms with Gasteiger partial charge in [-0.05, 0) is 50.4 Å². The standard InChI is InChI=1S/C15H20N2O/c1-12(18)8-15-6-3-7-17(15)11-14-5-2-4-13(9-14)10-16/h2,4-5,9,12,15,18H,3,6-8,11H2,1H3. The van der Waals surface area contributed by atoms with Gasteiger partial charge >= 0.3 is 0 Å². The van der Waals surface area contributed by atoms with Crippen molar-refractivity contribution in [3.8, 4) is 6.07 Å². The van der Waals surface area contributed by atoms with Gasteiger partial charge in [-0.2, -0.15) is 5.26 Å². The third-order valence-electron chi connectivity index (χ3n) is 3.55. The molecular formula is C15H20N2O. The van der Waals surface area contributed by atoms with E-state index in [0.717, 1.165) is 25.1 Å². The summed E-state index contributed by atoms with van der Waals surface area (Å²) in [5.74, 6) is 0. The summed E-state index contributed by atoms with van der Waals surface area (Å²) in [5, 5.41) is 18.4. The van der Waals surface area contributed by atoms with Gasteiger partial charge in [0.05, 0.1) is 17.7 Å². The summed E-state index contributed by atoms with van der Waals surface area (Å²) < 4.78 is 0. The molecule has 1 fully saturated rings. The van der Waals surface area contributed by atoms with Gasteiger partial charge in [-0.15, -0.1) is 0 Å². The minimum absolute atomic E-state index is 0.235. The molecule has 3 heteroatoms. The lowest BCUT2D eigenvalue weighted by molar-refractivity contribution is 0.131. The fraction of sp³-hybridized carbons (Fsp3) is 0.533. The van der Waals surface area contributed by atoms with Crippen LogP contribution in [0.25, 0.3) is 0 Å². The summed E-state index contributed by atoms with van der Waals surface area (Å²) in [6.07, 6.45) is 2.98. The van der Waals surface area contributed by atoms with Gasteiger partial charge in [0.25, 0.3) is 0 Å². The van der Waals surface area contributed by atoms with E-state index in [9.17, 15) is 5.11 Å². The molecule has 1 aliphatic rings. The van der Waals surface area contributed by atoms with Crippen molar-refractivity contribution in [1.29, 1.82) is 5.26 Å². The second-order valence-electron chi connectivity index (χ2n) is 5.16. The van der Waals surface area contributed by atoms with Gasteiger partial charge in [0, 0.05) is 12.6 Å². The Morgan fingerprint density at radius 1 is 1.56 bits per heavy atom. The fourth-order valence-corrected chi connectivity index (χ4v) is 2.74. The minimum Gasteiger partial charge on any atom is -0.393 e. The minimum atomic E-state index is -0.235. The molecule has 2 unspecified atom stereocenters. The Labute approximate surface area is 109 Å². The molecule has 96 valence electrons. The predicted molar refractivity (Wildman–Crippen MR) is 70.9 cm³/mol. The number of aliphatic hydroxyl groups excluding tert-OH is 1. The zero-order valence-electron chi connectivity index (χ0n) is 10.8. The highest BCUT2D eigenvalue weighted by molar-refractivity contribution is 5.32. The van der Waals surface area contributed by atoms with Gasteiger partial charge in [-0.25, -0.2) is 0 Å². The van der Waals surface area contributed by atoms with Crippen LogP contribution in [0.15, 0.2) is 24.3 Å². The van der Waals surface area contributed by atoms with Crippen molar-refractivity contribution in [2.45, 2.75) is 44.9 Å². The van der Waals surface area contributed by atoms with Crippen LogP contribution >= 0.6 is 0 Å². The molecule has 1 aliphatic heterocycles. The first-order chi connectivity index (χ1) is 8.69. The van der Waals surface area contributed by atoms with Crippen LogP contribution in [-0.4, -0.2) is 28.7 Å². The Morgan fingerprint density at radius 2 is 2.39 bits per heavy atom. The number of hydrogen-bond acceptors (Lipinski definition) is 3. The SMILES string of the molecule is CC(O)CC1CCCN1Cc1cccc(C#N)c1. The highest BCUT2D eigenvalue weighted by atomic mass is 16.3. The smallest absolute Gasteiger partial charge is 0.0991 e. The van der Waals surface area contributed by atoms with Crippen molar-refractivity contribution < 1.29 is 5.11 Å². The van der Waals surface area contributed by atoms with Crippen LogP contribution in [0.4, 0.5) is 0 Å². The maximum atomic E-state index is 9.51. The van der Waals surface area contributed by atoms with Crippen LogP contribution in [0.5, 0.6) is 0 Å². The number of benzene rings is 1. The number of aliphatic hydroxyl groups is 1. The van der Waals surface area contributed by atoms with Crippen LogP contribution in [0.1, 0.15) is 37.3 Å². The second kappa shape index (κ2) is 5.99. The van der Waals surface area contributed by atoms with Gasteiger partial charge in [-0.3, -0.25) is 4.90 Å². The quantitative estimate of drug-likeness (QED) is 0.884. The highest BCUT2D eigenvalue weighted by Gasteiger charge is 2.25. The molecule has 0 saturated carbocycles. The van der Waals surface area contributed by atoms with E-state index in [2.05, 4.69) is 17.0 Å². The van der Waals surface area contributed by atoms with Crippen molar-refractivity contribution >= 4 is 0 Å². The van der Waals surface area contributed by atoms with Crippen LogP contribution < -0.4 is 0 Å². The summed E-state index contributed by atoms with van der Waals surface area (Å²) in [6, 6.07) is 10.5. The molecule has 0 aliphatic carbocycles. The highest BCUT2D eigenvalue weighted by Crippen LogP contribution is 2.23. The number of nitrogens with zero attached hydrogens (tertiary/aromatic N) is 2. The van der Waals surface area contributed by atoms with Gasteiger partial charge in [0.2, 0.25) is 0 Å². The van der Waals surface area contributed by atoms with Crippen molar-refractivity contribution in [2.24, 2.45) is 0 Å². The normalized spacial score (nSPS) is 21.7. The number of nitriles is 1. The molecule has 0 amide bonds. The Balaban J connectivity index is 2.01. The first-order valence-corrected chi connectivity index (χ1v) is 6.60. The van der Waals surface area contributed by atoms with Crippen molar-refractivity contribution in [3.05, 3.63) is 35.4 Å². The van der Waals surface area contributed by atoms with E-state index in [1.807, 2.05) is 25.1 Å². The molecule has 0 aromatic heterocycles. The molecule has 1 N–H and O–H groups in total. The average molecular weight is 244 g/mol. The molecule has 1 heterocycles. The van der Waals surface area contributed by atoms with E-state index < -0.39 is 0 Å². The zero-order chi connectivity index (χ0) is 13.0. The fourth-order valence-electron chi connectivity index (χ4n) is 2.74. The van der Waals surface area contributed by atoms with E-state index in [0.29, 0.717) is 6.04 Å². The maximum Gasteiger partial charge on any atom is 0.0991 e. The summed E-state index contributed by atoms with van der Waals surface area (Å²) in [7, 11) is 0. The molecule has 1 aromatic rings. The van der Waals surface area contributed by atoms with E-state index in [4.69, 9.17) is 5.26 Å². The van der Waals surface area contributed by atoms with Gasteiger partial charge in [0.15, 0.2) is 0 Å². The molecule has 3 nitrogen and oxygen atoms in total. The third kappa shape index (κ3) is 3.32. The monoisotopic (exact) mass is 244 g/mol. The molecule has 1 aromatic carbocycles. The Morgan fingerprint density at radius 3 is 3.11 bits per heavy atom. The van der Waals surface area contributed by atoms with E-state index in [-0.39, 0.29) is 6.10 Å². The van der Waals surface area contributed by atoms with Gasteiger partial charge in [0.1, 0.15) is 0 Å². The average Bonchev–Trinajstić information content (AvgIpc) is 2.76. The molecular weight excluding hydrogens is 224 g/mol. The number of hydrogen-bond donors (Lipinski definition) is 1. The molecule has 2 rings (SSSR count). The lowest BCUT2D eigenvalue weighted by atomic mass is 10.1. The van der Waals surface area contributed by atoms with E-state index >= 15 is 0 Å². The lowest BCUT2D eigenvalue weighted by Crippen LogP contribution is -2.31. The molecule has 0 spiro atoms. The largest absolute Gasteiger partial charge is 0.393 e. The maximum absolute atomic E-state index is 9.51. The molecule has 0 radical (unpaired) electrons. The van der Waals surface area contributed by atoms with Crippen molar-refractivity contribution in [3.63, 3.8) is 0 Å². The van der Waals surface area contributed by atoms with Gasteiger partial charge in [-0.1, -0.05) is 12.1 Å². The number of likely N-dealkylation sites (tertiary alicyclic amines) is 1. The number of rotatable bonds is 4. The van der Waals surface area contributed by atoms with Crippen LogP contribution in [0.2, 0.25) is 0 Å². The topological polar surface area (TPSA) is 47.3 Å². The second-order valence-corrected chi connectivity index (χ2v) is 5.16. The van der Waals surface area contributed by atoms with Gasteiger partial charge < -0.3 is 5.11 Å². The summed E-state index contributed by atoms with van der Waals surface area (Å²) in [5.41, 5.74) is 1.91. The van der Waals surface area contributed by atoms with Crippen molar-refractivity contribution in [2.75, 3.05) is 6.54 Å². The van der Waals surface area contributed by atoms with Crippen LogP contribution in [0.3, 0.4) is 0 Å². The molecule has 0 bridgehead atoms. The Bertz CT molecular complexity index is 436. The molecule has 2 atom stereocenters. The Hall–Kier alpha value is -1.37. The van der Waals surface area contributed by atoms with E-state index in [1.54, 1.807) is 0 Å². The zero-order valence-corrected chi connectivity index (χ0v) is 10.8. The third-order valence-corrected chi connectivity index (χ3v) is 3.55. The van der Waals surface area contributed by atoms with Crippen LogP contribution in [-0.2, 0) is 6.54 Å². The van der Waals surface area contributed by atoms with Crippen molar-refractivity contribution in [1.82, 2.24) is 4.90 Å². The van der Waals surface area contributed by atoms with E-state index in [1.165, 1.54) is 18.4 Å². The summed E-state index contributed by atoms with van der Waals surface area (Å²) in [4.78, 5) is 2.42. The Kier molecular flexibility index (Phi) is 4.35. The summed E-state index contributed by atoms with van der Waals surface area (Å²) in [6.45, 7) is 3.83. The first-order valence-electron chi connectivity index (χ1n) is 6.60. The predicted octanol–water partition coefficient (Wildman–Crippen LogP) is 2.29. The first kappa shape index (κ1) is 13.1. The molecule has 18 heavy (non-hydrogen) atoms.